The van der Waals surface area contributed by atoms with Crippen LogP contribution in [0.3, 0.4) is 0 Å². The van der Waals surface area contributed by atoms with Crippen LogP contribution in [0.5, 0.6) is 0 Å². The number of rotatable bonds is 2. The molecule has 0 spiro atoms. The Balaban J connectivity index is 1.75. The molecule has 0 amide bonds. The summed E-state index contributed by atoms with van der Waals surface area (Å²) in [5, 5.41) is 1.21. The van der Waals surface area contributed by atoms with Gasteiger partial charge in [0.15, 0.2) is 0 Å². The van der Waals surface area contributed by atoms with E-state index in [1.54, 1.807) is 0 Å². The molecular weight excluding hydrogens is 254 g/mol. The van der Waals surface area contributed by atoms with E-state index in [0.29, 0.717) is 6.04 Å². The van der Waals surface area contributed by atoms with Gasteiger partial charge in [0.1, 0.15) is 0 Å². The average molecular weight is 279 g/mol. The van der Waals surface area contributed by atoms with Gasteiger partial charge in [-0.05, 0) is 53.1 Å². The molecule has 3 nitrogen and oxygen atoms in total. The maximum Gasteiger partial charge on any atom is 0.0900 e. The van der Waals surface area contributed by atoms with Crippen molar-refractivity contribution in [3.8, 4) is 0 Å². The van der Waals surface area contributed by atoms with E-state index in [2.05, 4.69) is 35.6 Å². The number of hydrogen-bond donors (Lipinski definition) is 0. The van der Waals surface area contributed by atoms with Crippen LogP contribution in [0.15, 0.2) is 0 Å². The van der Waals surface area contributed by atoms with Crippen molar-refractivity contribution in [1.82, 2.24) is 14.8 Å². The van der Waals surface area contributed by atoms with E-state index < -0.39 is 0 Å². The molecule has 3 rings (SSSR count). The van der Waals surface area contributed by atoms with Crippen LogP contribution in [0.25, 0.3) is 0 Å². The Morgan fingerprint density at radius 1 is 1.21 bits per heavy atom. The van der Waals surface area contributed by atoms with Crippen molar-refractivity contribution in [2.45, 2.75) is 52.1 Å². The summed E-state index contributed by atoms with van der Waals surface area (Å²) in [5.41, 5.74) is 1.24. The molecule has 2 saturated heterocycles. The predicted octanol–water partition coefficient (Wildman–Crippen LogP) is 2.99. The number of aryl methyl sites for hydroxylation is 2. The second-order valence-corrected chi connectivity index (χ2v) is 7.27. The van der Waals surface area contributed by atoms with Crippen molar-refractivity contribution in [3.63, 3.8) is 0 Å². The smallest absolute Gasteiger partial charge is 0.0900 e. The highest BCUT2D eigenvalue weighted by molar-refractivity contribution is 7.11. The number of nitrogens with zero attached hydrogens (tertiary/aromatic N) is 3. The lowest BCUT2D eigenvalue weighted by Crippen LogP contribution is -2.37. The van der Waals surface area contributed by atoms with Crippen molar-refractivity contribution in [3.05, 3.63) is 15.6 Å². The molecule has 106 valence electrons. The molecule has 2 atom stereocenters. The first kappa shape index (κ1) is 13.5. The normalized spacial score (nSPS) is 27.2. The van der Waals surface area contributed by atoms with Gasteiger partial charge in [-0.1, -0.05) is 0 Å². The molecule has 19 heavy (non-hydrogen) atoms. The van der Waals surface area contributed by atoms with Gasteiger partial charge < -0.3 is 0 Å². The van der Waals surface area contributed by atoms with E-state index in [1.807, 2.05) is 11.3 Å². The highest BCUT2D eigenvalue weighted by Crippen LogP contribution is 2.32. The molecule has 4 heteroatoms. The van der Waals surface area contributed by atoms with E-state index in [4.69, 9.17) is 0 Å². The van der Waals surface area contributed by atoms with Crippen LogP contribution in [0.2, 0.25) is 0 Å². The van der Waals surface area contributed by atoms with Crippen molar-refractivity contribution >= 4 is 11.3 Å². The van der Waals surface area contributed by atoms with Gasteiger partial charge in [-0.25, -0.2) is 4.98 Å². The molecule has 0 aliphatic carbocycles. The van der Waals surface area contributed by atoms with Crippen LogP contribution in [-0.4, -0.2) is 47.0 Å². The fraction of sp³-hybridized carbons (Fsp3) is 0.800. The second kappa shape index (κ2) is 5.51. The maximum atomic E-state index is 4.60. The summed E-state index contributed by atoms with van der Waals surface area (Å²) in [6.45, 7) is 11.8. The highest BCUT2D eigenvalue weighted by atomic mass is 32.1. The van der Waals surface area contributed by atoms with Crippen molar-refractivity contribution in [2.75, 3.05) is 26.2 Å². The molecule has 2 aliphatic heterocycles. The Morgan fingerprint density at radius 2 is 2.00 bits per heavy atom. The number of hydrogen-bond acceptors (Lipinski definition) is 4. The Labute approximate surface area is 120 Å². The van der Waals surface area contributed by atoms with Crippen LogP contribution >= 0.6 is 11.3 Å². The SMILES string of the molecule is Cc1nc(C)c(C(C)N2CCCN3CCCC3C2)s1. The summed E-state index contributed by atoms with van der Waals surface area (Å²) in [7, 11) is 0. The van der Waals surface area contributed by atoms with Crippen molar-refractivity contribution < 1.29 is 0 Å². The highest BCUT2D eigenvalue weighted by Gasteiger charge is 2.31. The molecular formula is C15H25N3S. The molecule has 1 aromatic rings. The first-order chi connectivity index (χ1) is 9.15. The number of aromatic nitrogens is 1. The zero-order chi connectivity index (χ0) is 13.4. The predicted molar refractivity (Wildman–Crippen MR) is 80.8 cm³/mol. The van der Waals surface area contributed by atoms with Gasteiger partial charge in [-0.2, -0.15) is 0 Å². The summed E-state index contributed by atoms with van der Waals surface area (Å²) in [6.07, 6.45) is 4.10. The van der Waals surface area contributed by atoms with Gasteiger partial charge in [0.2, 0.25) is 0 Å². The Kier molecular flexibility index (Phi) is 3.92. The third-order valence-corrected chi connectivity index (χ3v) is 5.94. The third kappa shape index (κ3) is 2.71. The van der Waals surface area contributed by atoms with E-state index >= 15 is 0 Å². The van der Waals surface area contributed by atoms with Gasteiger partial charge in [0.25, 0.3) is 0 Å². The van der Waals surface area contributed by atoms with Gasteiger partial charge in [0.05, 0.1) is 10.7 Å². The summed E-state index contributed by atoms with van der Waals surface area (Å²) in [6, 6.07) is 1.34. The first-order valence-electron chi connectivity index (χ1n) is 7.57. The minimum absolute atomic E-state index is 0.534. The zero-order valence-electron chi connectivity index (χ0n) is 12.4. The summed E-state index contributed by atoms with van der Waals surface area (Å²) in [5.74, 6) is 0. The van der Waals surface area contributed by atoms with Gasteiger partial charge in [0, 0.05) is 30.1 Å². The molecule has 0 radical (unpaired) electrons. The monoisotopic (exact) mass is 279 g/mol. The van der Waals surface area contributed by atoms with Crippen molar-refractivity contribution in [2.24, 2.45) is 0 Å². The zero-order valence-corrected chi connectivity index (χ0v) is 13.2. The second-order valence-electron chi connectivity index (χ2n) is 6.04. The van der Waals surface area contributed by atoms with E-state index in [-0.39, 0.29) is 0 Å². The lowest BCUT2D eigenvalue weighted by atomic mass is 10.1. The minimum Gasteiger partial charge on any atom is -0.299 e. The van der Waals surface area contributed by atoms with Gasteiger partial charge >= 0.3 is 0 Å². The van der Waals surface area contributed by atoms with E-state index in [9.17, 15) is 0 Å². The molecule has 3 heterocycles. The standard InChI is InChI=1S/C15H25N3S/c1-11-15(19-13(3)16-11)12(2)18-9-5-8-17-7-4-6-14(17)10-18/h12,14H,4-10H2,1-3H3. The fourth-order valence-corrected chi connectivity index (χ4v) is 4.70. The van der Waals surface area contributed by atoms with E-state index in [0.717, 1.165) is 6.04 Å². The van der Waals surface area contributed by atoms with Gasteiger partial charge in [-0.3, -0.25) is 9.80 Å². The molecule has 2 unspecified atom stereocenters. The van der Waals surface area contributed by atoms with Crippen LogP contribution < -0.4 is 0 Å². The summed E-state index contributed by atoms with van der Waals surface area (Å²) < 4.78 is 0. The van der Waals surface area contributed by atoms with Crippen LogP contribution in [-0.2, 0) is 0 Å². The first-order valence-corrected chi connectivity index (χ1v) is 8.39. The average Bonchev–Trinajstić information content (AvgIpc) is 2.89. The van der Waals surface area contributed by atoms with E-state index in [1.165, 1.54) is 61.0 Å². The van der Waals surface area contributed by atoms with Gasteiger partial charge in [-0.15, -0.1) is 11.3 Å². The summed E-state index contributed by atoms with van der Waals surface area (Å²) >= 11 is 1.88. The number of thiazole rings is 1. The lowest BCUT2D eigenvalue weighted by molar-refractivity contribution is 0.184. The molecule has 2 aliphatic rings. The molecule has 0 bridgehead atoms. The van der Waals surface area contributed by atoms with Crippen LogP contribution in [0.4, 0.5) is 0 Å². The molecule has 0 N–H and O–H groups in total. The van der Waals surface area contributed by atoms with Crippen LogP contribution in [0.1, 0.15) is 47.8 Å². The Morgan fingerprint density at radius 3 is 2.74 bits per heavy atom. The third-order valence-electron chi connectivity index (χ3n) is 4.70. The molecule has 0 aromatic carbocycles. The lowest BCUT2D eigenvalue weighted by Gasteiger charge is -2.30. The molecule has 0 saturated carbocycles. The molecule has 2 fully saturated rings. The Bertz CT molecular complexity index is 443. The molecule has 1 aromatic heterocycles. The summed E-state index contributed by atoms with van der Waals surface area (Å²) in [4.78, 5) is 11.5. The minimum atomic E-state index is 0.534. The maximum absolute atomic E-state index is 4.60. The number of fused-ring (bicyclic) bond motifs is 1. The topological polar surface area (TPSA) is 19.4 Å². The van der Waals surface area contributed by atoms with Crippen molar-refractivity contribution in [1.29, 1.82) is 0 Å². The van der Waals surface area contributed by atoms with Crippen LogP contribution in [0, 0.1) is 13.8 Å². The Hall–Kier alpha value is -0.450. The largest absolute Gasteiger partial charge is 0.299 e. The quantitative estimate of drug-likeness (QED) is 0.829. The fourth-order valence-electron chi connectivity index (χ4n) is 3.69.